The molecule has 0 aromatic heterocycles. The highest BCUT2D eigenvalue weighted by Gasteiger charge is 2.22. The number of aliphatic carboxylic acids is 1. The lowest BCUT2D eigenvalue weighted by atomic mass is 10.0. The number of ketones is 1. The minimum absolute atomic E-state index is 0.261. The fraction of sp³-hybridized carbons (Fsp3) is 0.833. The van der Waals surface area contributed by atoms with Gasteiger partial charge in [0.1, 0.15) is 12.3 Å². The predicted molar refractivity (Wildman–Crippen MR) is 117 cm³/mol. The number of carbonyl (C=O) groups excluding carboxylic acids is 3. The molecule has 6 heteroatoms. The van der Waals surface area contributed by atoms with Gasteiger partial charge in [-0.2, -0.15) is 0 Å². The summed E-state index contributed by atoms with van der Waals surface area (Å²) < 4.78 is 5.88. The van der Waals surface area contributed by atoms with Crippen molar-refractivity contribution in [1.29, 1.82) is 0 Å². The lowest BCUT2D eigenvalue weighted by Crippen LogP contribution is -2.45. The minimum atomic E-state index is -1.19. The van der Waals surface area contributed by atoms with Gasteiger partial charge < -0.3 is 19.1 Å². The lowest BCUT2D eigenvalue weighted by molar-refractivity contribution is -0.873. The van der Waals surface area contributed by atoms with E-state index < -0.39 is 12.1 Å². The Morgan fingerprint density at radius 3 is 1.73 bits per heavy atom. The van der Waals surface area contributed by atoms with Crippen LogP contribution in [0.2, 0.25) is 0 Å². The van der Waals surface area contributed by atoms with E-state index in [4.69, 9.17) is 4.74 Å². The second-order valence-corrected chi connectivity index (χ2v) is 9.34. The fourth-order valence-electron chi connectivity index (χ4n) is 3.46. The zero-order valence-corrected chi connectivity index (χ0v) is 19.6. The number of carboxylic acids is 1. The van der Waals surface area contributed by atoms with E-state index in [2.05, 4.69) is 6.92 Å². The van der Waals surface area contributed by atoms with Gasteiger partial charge in [-0.1, -0.05) is 58.3 Å². The van der Waals surface area contributed by atoms with E-state index in [1.54, 1.807) is 0 Å². The zero-order valence-electron chi connectivity index (χ0n) is 19.6. The number of likely N-dealkylation sites (N-methyl/N-ethyl adjacent to an activating group) is 1. The maximum Gasteiger partial charge on any atom is 0.306 e. The standard InChI is InChI=1S/C24H44NO5/c1-5-6-13-16-21(26)17-14-11-9-7-8-10-12-15-18-24(29)30-22(19-23(27)28)20-25(2,3)4/h22H,1,5-20H2,2-4H3. The van der Waals surface area contributed by atoms with Crippen LogP contribution in [0, 0.1) is 6.92 Å². The number of nitrogens with zero attached hydrogens (tertiary/aromatic N) is 1. The van der Waals surface area contributed by atoms with Gasteiger partial charge in [-0.05, 0) is 19.3 Å². The van der Waals surface area contributed by atoms with E-state index in [0.29, 0.717) is 36.1 Å². The van der Waals surface area contributed by atoms with Crippen LogP contribution in [0.5, 0.6) is 0 Å². The van der Waals surface area contributed by atoms with Gasteiger partial charge in [0.15, 0.2) is 6.10 Å². The quantitative estimate of drug-likeness (QED) is 0.169. The number of hydrogen-bond acceptors (Lipinski definition) is 5. The molecule has 0 spiro atoms. The molecule has 6 nitrogen and oxygen atoms in total. The van der Waals surface area contributed by atoms with Crippen molar-refractivity contribution in [2.75, 3.05) is 27.7 Å². The molecule has 30 heavy (non-hydrogen) atoms. The number of esters is 1. The monoisotopic (exact) mass is 426 g/mol. The third kappa shape index (κ3) is 19.9. The molecule has 1 radical (unpaired) electrons. The van der Waals surface area contributed by atoms with Crippen LogP contribution < -0.4 is 5.11 Å². The predicted octanol–water partition coefficient (Wildman–Crippen LogP) is 3.61. The second kappa shape index (κ2) is 17.3. The normalized spacial score (nSPS) is 12.5. The summed E-state index contributed by atoms with van der Waals surface area (Å²) in [5.74, 6) is -1.13. The van der Waals surface area contributed by atoms with Gasteiger partial charge in [-0.15, -0.1) is 0 Å². The molecule has 175 valence electrons. The van der Waals surface area contributed by atoms with Crippen LogP contribution in [-0.2, 0) is 19.1 Å². The molecule has 0 aromatic carbocycles. The molecule has 0 saturated carbocycles. The maximum absolute atomic E-state index is 12.0. The van der Waals surface area contributed by atoms with Gasteiger partial charge in [0, 0.05) is 31.7 Å². The van der Waals surface area contributed by atoms with E-state index in [9.17, 15) is 19.5 Å². The van der Waals surface area contributed by atoms with E-state index in [0.717, 1.165) is 70.6 Å². The number of rotatable bonds is 20. The summed E-state index contributed by atoms with van der Waals surface area (Å²) in [5.41, 5.74) is 0. The number of ether oxygens (including phenoxy) is 1. The molecule has 0 aliphatic rings. The van der Waals surface area contributed by atoms with Crippen LogP contribution >= 0.6 is 0 Å². The molecule has 0 N–H and O–H groups in total. The van der Waals surface area contributed by atoms with E-state index in [-0.39, 0.29) is 12.4 Å². The van der Waals surface area contributed by atoms with E-state index in [1.807, 2.05) is 21.1 Å². The molecular weight excluding hydrogens is 382 g/mol. The van der Waals surface area contributed by atoms with Gasteiger partial charge in [0.2, 0.25) is 0 Å². The molecule has 0 aliphatic carbocycles. The summed E-state index contributed by atoms with van der Waals surface area (Å²) >= 11 is 0. The minimum Gasteiger partial charge on any atom is -0.550 e. The molecule has 0 saturated heterocycles. The summed E-state index contributed by atoms with van der Waals surface area (Å²) in [6.45, 7) is 4.24. The van der Waals surface area contributed by atoms with Crippen LogP contribution in [0.3, 0.4) is 0 Å². The average Bonchev–Trinajstić information content (AvgIpc) is 2.61. The Morgan fingerprint density at radius 2 is 1.27 bits per heavy atom. The number of quaternary nitrogens is 1. The molecular formula is C24H44NO5. The summed E-state index contributed by atoms with van der Waals surface area (Å²) in [7, 11) is 5.79. The van der Waals surface area contributed by atoms with Crippen molar-refractivity contribution in [2.24, 2.45) is 0 Å². The van der Waals surface area contributed by atoms with Crippen molar-refractivity contribution in [3.05, 3.63) is 6.92 Å². The highest BCUT2D eigenvalue weighted by molar-refractivity contribution is 5.78. The number of Topliss-reactive ketones (excluding diaryl/α,β-unsaturated/α-hetero) is 1. The highest BCUT2D eigenvalue weighted by atomic mass is 16.5. The number of unbranched alkanes of at least 4 members (excludes halogenated alkanes) is 9. The summed E-state index contributed by atoms with van der Waals surface area (Å²) in [6, 6.07) is 0. The number of carboxylic acid groups (broad SMARTS) is 1. The first-order chi connectivity index (χ1) is 14.1. The molecule has 0 bridgehead atoms. The summed E-state index contributed by atoms with van der Waals surface area (Å²) in [6.07, 6.45) is 12.2. The van der Waals surface area contributed by atoms with Crippen molar-refractivity contribution in [3.8, 4) is 0 Å². The number of hydrogen-bond donors (Lipinski definition) is 0. The first-order valence-corrected chi connectivity index (χ1v) is 11.6. The largest absolute Gasteiger partial charge is 0.550 e. The van der Waals surface area contributed by atoms with Crippen LogP contribution in [0.15, 0.2) is 0 Å². The van der Waals surface area contributed by atoms with Crippen molar-refractivity contribution in [1.82, 2.24) is 0 Å². The van der Waals surface area contributed by atoms with Crippen LogP contribution in [0.25, 0.3) is 0 Å². The first-order valence-electron chi connectivity index (χ1n) is 11.6. The van der Waals surface area contributed by atoms with Gasteiger partial charge in [0.25, 0.3) is 0 Å². The molecule has 0 heterocycles. The Balaban J connectivity index is 3.67. The fourth-order valence-corrected chi connectivity index (χ4v) is 3.46. The maximum atomic E-state index is 12.0. The summed E-state index contributed by atoms with van der Waals surface area (Å²) in [5, 5.41) is 10.9. The highest BCUT2D eigenvalue weighted by Crippen LogP contribution is 2.13. The van der Waals surface area contributed by atoms with Gasteiger partial charge in [-0.25, -0.2) is 0 Å². The average molecular weight is 427 g/mol. The Hall–Kier alpha value is -1.43. The van der Waals surface area contributed by atoms with Crippen molar-refractivity contribution in [3.63, 3.8) is 0 Å². The van der Waals surface area contributed by atoms with Gasteiger partial charge in [0.05, 0.1) is 21.1 Å². The zero-order chi connectivity index (χ0) is 22.8. The molecule has 0 rings (SSSR count). The van der Waals surface area contributed by atoms with E-state index in [1.165, 1.54) is 0 Å². The molecule has 1 unspecified atom stereocenters. The molecule has 0 aliphatic heterocycles. The Morgan fingerprint density at radius 1 is 0.800 bits per heavy atom. The van der Waals surface area contributed by atoms with Crippen molar-refractivity contribution >= 4 is 17.7 Å². The van der Waals surface area contributed by atoms with Gasteiger partial charge in [-0.3, -0.25) is 9.59 Å². The number of carbonyl (C=O) groups is 3. The van der Waals surface area contributed by atoms with Crippen molar-refractivity contribution in [2.45, 2.75) is 102 Å². The van der Waals surface area contributed by atoms with Crippen LogP contribution in [0.1, 0.15) is 96.3 Å². The molecule has 0 aromatic rings. The lowest BCUT2D eigenvalue weighted by Gasteiger charge is -2.29. The third-order valence-electron chi connectivity index (χ3n) is 4.99. The van der Waals surface area contributed by atoms with Crippen molar-refractivity contribution < 1.29 is 28.7 Å². The van der Waals surface area contributed by atoms with Crippen LogP contribution in [-0.4, -0.2) is 56.0 Å². The molecule has 0 amide bonds. The SMILES string of the molecule is [CH2]CCCCC(=O)CCCCCCCCCCC(=O)OC(CC(=O)[O-])C[N+](C)(C)C. The second-order valence-electron chi connectivity index (χ2n) is 9.34. The molecule has 0 fully saturated rings. The Labute approximate surface area is 183 Å². The van der Waals surface area contributed by atoms with Crippen LogP contribution in [0.4, 0.5) is 0 Å². The van der Waals surface area contributed by atoms with Gasteiger partial charge >= 0.3 is 5.97 Å². The smallest absolute Gasteiger partial charge is 0.306 e. The third-order valence-corrected chi connectivity index (χ3v) is 4.99. The first kappa shape index (κ1) is 28.6. The Bertz CT molecular complexity index is 484. The Kier molecular flexibility index (Phi) is 16.4. The summed E-state index contributed by atoms with van der Waals surface area (Å²) in [4.78, 5) is 34.5. The topological polar surface area (TPSA) is 83.5 Å². The van der Waals surface area contributed by atoms with E-state index >= 15 is 0 Å². The molecule has 1 atom stereocenters.